The number of fused-ring (bicyclic) bond motifs is 1. The minimum atomic E-state index is 0.248. The largest absolute Gasteiger partial charge is 0.337 e. The Kier molecular flexibility index (Phi) is 3.26. The van der Waals surface area contributed by atoms with Crippen molar-refractivity contribution in [2.24, 2.45) is 5.84 Å². The monoisotopic (exact) mass is 311 g/mol. The zero-order valence-corrected chi connectivity index (χ0v) is 11.3. The van der Waals surface area contributed by atoms with E-state index in [9.17, 15) is 0 Å². The molecule has 0 aliphatic heterocycles. The third-order valence-electron chi connectivity index (χ3n) is 2.43. The minimum absolute atomic E-state index is 0.248. The number of aromatic nitrogens is 4. The summed E-state index contributed by atoms with van der Waals surface area (Å²) in [5, 5.41) is 11.1. The van der Waals surface area contributed by atoms with Gasteiger partial charge in [-0.1, -0.05) is 23.2 Å². The second kappa shape index (κ2) is 5.08. The number of hydrogen-bond acceptors (Lipinski definition) is 8. The highest BCUT2D eigenvalue weighted by atomic mass is 35.5. The Morgan fingerprint density at radius 2 is 1.70 bits per heavy atom. The first-order valence-corrected chi connectivity index (χ1v) is 6.12. The van der Waals surface area contributed by atoms with Crippen LogP contribution < -0.4 is 16.6 Å². The van der Waals surface area contributed by atoms with E-state index in [0.29, 0.717) is 27.4 Å². The molecule has 1 aromatic carbocycles. The number of hydrogen-bond donors (Lipinski definition) is 3. The van der Waals surface area contributed by atoms with Gasteiger partial charge in [-0.05, 0) is 28.5 Å². The van der Waals surface area contributed by atoms with Crippen LogP contribution in [0.1, 0.15) is 0 Å². The molecule has 0 aliphatic carbocycles. The molecule has 0 saturated carbocycles. The van der Waals surface area contributed by atoms with Gasteiger partial charge in [0.2, 0.25) is 11.3 Å². The number of nitrogens with two attached hydrogens (primary N) is 1. The smallest absolute Gasteiger partial charge is 0.245 e. The maximum Gasteiger partial charge on any atom is 0.245 e. The molecule has 0 aliphatic rings. The SMILES string of the molecule is NNc1nc2nonc2nc1Nc1ccc(Cl)c(Cl)c1. The van der Waals surface area contributed by atoms with Crippen molar-refractivity contribution < 1.29 is 4.63 Å². The maximum atomic E-state index is 5.95. The molecule has 2 heterocycles. The molecule has 0 fully saturated rings. The van der Waals surface area contributed by atoms with E-state index < -0.39 is 0 Å². The zero-order chi connectivity index (χ0) is 14.1. The predicted octanol–water partition coefficient (Wildman–Crippen LogP) is 2.35. The van der Waals surface area contributed by atoms with Crippen LogP contribution in [0.4, 0.5) is 17.3 Å². The average molecular weight is 312 g/mol. The molecular weight excluding hydrogens is 305 g/mol. The van der Waals surface area contributed by atoms with Crippen LogP contribution in [0.5, 0.6) is 0 Å². The summed E-state index contributed by atoms with van der Waals surface area (Å²) in [6.45, 7) is 0. The van der Waals surface area contributed by atoms with Gasteiger partial charge in [0, 0.05) is 5.69 Å². The van der Waals surface area contributed by atoms with Gasteiger partial charge >= 0.3 is 0 Å². The zero-order valence-electron chi connectivity index (χ0n) is 9.76. The van der Waals surface area contributed by atoms with E-state index in [4.69, 9.17) is 29.0 Å². The van der Waals surface area contributed by atoms with E-state index in [-0.39, 0.29) is 11.3 Å². The summed E-state index contributed by atoms with van der Waals surface area (Å²) in [7, 11) is 0. The van der Waals surface area contributed by atoms with E-state index >= 15 is 0 Å². The van der Waals surface area contributed by atoms with Crippen LogP contribution in [0.2, 0.25) is 10.0 Å². The van der Waals surface area contributed by atoms with Gasteiger partial charge in [-0.15, -0.1) is 0 Å². The highest BCUT2D eigenvalue weighted by Crippen LogP contribution is 2.28. The molecule has 3 rings (SSSR count). The van der Waals surface area contributed by atoms with Crippen LogP contribution in [0.25, 0.3) is 11.3 Å². The van der Waals surface area contributed by atoms with Gasteiger partial charge in [0.05, 0.1) is 10.0 Å². The van der Waals surface area contributed by atoms with Gasteiger partial charge in [0.1, 0.15) is 0 Å². The first-order chi connectivity index (χ1) is 9.67. The number of rotatable bonds is 3. The average Bonchev–Trinajstić information content (AvgIpc) is 2.89. The van der Waals surface area contributed by atoms with Crippen molar-refractivity contribution in [3.63, 3.8) is 0 Å². The summed E-state index contributed by atoms with van der Waals surface area (Å²) >= 11 is 11.8. The molecule has 2 aromatic heterocycles. The molecule has 3 aromatic rings. The van der Waals surface area contributed by atoms with Crippen molar-refractivity contribution in [1.29, 1.82) is 0 Å². The fourth-order valence-electron chi connectivity index (χ4n) is 1.54. The van der Waals surface area contributed by atoms with Gasteiger partial charge in [-0.25, -0.2) is 15.5 Å². The van der Waals surface area contributed by atoms with Crippen LogP contribution in [-0.2, 0) is 0 Å². The van der Waals surface area contributed by atoms with Gasteiger partial charge in [0.15, 0.2) is 11.6 Å². The molecule has 0 bridgehead atoms. The topological polar surface area (TPSA) is 115 Å². The Morgan fingerprint density at radius 1 is 1.00 bits per heavy atom. The lowest BCUT2D eigenvalue weighted by atomic mass is 10.3. The second-order valence-corrected chi connectivity index (χ2v) is 4.54. The Bertz CT molecular complexity index is 775. The van der Waals surface area contributed by atoms with Gasteiger partial charge < -0.3 is 10.7 Å². The molecule has 0 unspecified atom stereocenters. The number of halogens is 2. The third-order valence-corrected chi connectivity index (χ3v) is 3.17. The maximum absolute atomic E-state index is 5.95. The van der Waals surface area contributed by atoms with Gasteiger partial charge in [-0.3, -0.25) is 0 Å². The summed E-state index contributed by atoms with van der Waals surface area (Å²) in [5.74, 6) is 6.05. The van der Waals surface area contributed by atoms with E-state index in [2.05, 4.69) is 35.7 Å². The molecule has 8 nitrogen and oxygen atoms in total. The second-order valence-electron chi connectivity index (χ2n) is 3.73. The van der Waals surface area contributed by atoms with Crippen molar-refractivity contribution >= 4 is 51.8 Å². The molecule has 20 heavy (non-hydrogen) atoms. The van der Waals surface area contributed by atoms with E-state index in [1.54, 1.807) is 18.2 Å². The fraction of sp³-hybridized carbons (Fsp3) is 0. The lowest BCUT2D eigenvalue weighted by Gasteiger charge is -2.09. The van der Waals surface area contributed by atoms with Gasteiger partial charge in [0.25, 0.3) is 0 Å². The summed E-state index contributed by atoms with van der Waals surface area (Å²) in [6.07, 6.45) is 0. The van der Waals surface area contributed by atoms with Crippen LogP contribution >= 0.6 is 23.2 Å². The van der Waals surface area contributed by atoms with Crippen molar-refractivity contribution in [1.82, 2.24) is 20.3 Å². The van der Waals surface area contributed by atoms with Gasteiger partial charge in [-0.2, -0.15) is 4.98 Å². The van der Waals surface area contributed by atoms with Crippen molar-refractivity contribution in [2.45, 2.75) is 0 Å². The predicted molar refractivity (Wildman–Crippen MR) is 74.9 cm³/mol. The molecular formula is C10H7Cl2N7O. The third kappa shape index (κ3) is 2.31. The number of nitrogen functional groups attached to an aromatic ring is 1. The summed E-state index contributed by atoms with van der Waals surface area (Å²) in [5.41, 5.74) is 3.59. The first kappa shape index (κ1) is 12.9. The molecule has 10 heteroatoms. The number of benzene rings is 1. The Labute approximate surface area is 122 Å². The van der Waals surface area contributed by atoms with Crippen molar-refractivity contribution in [2.75, 3.05) is 10.7 Å². The summed E-state index contributed by atoms with van der Waals surface area (Å²) in [6, 6.07) is 5.05. The lowest BCUT2D eigenvalue weighted by molar-refractivity contribution is 0.314. The fourth-order valence-corrected chi connectivity index (χ4v) is 1.83. The molecule has 0 saturated heterocycles. The van der Waals surface area contributed by atoms with Crippen LogP contribution in [0, 0.1) is 0 Å². The Balaban J connectivity index is 2.01. The highest BCUT2D eigenvalue weighted by Gasteiger charge is 2.12. The number of hydrazine groups is 1. The Morgan fingerprint density at radius 3 is 2.35 bits per heavy atom. The molecule has 4 N–H and O–H groups in total. The molecule has 102 valence electrons. The number of nitrogens with one attached hydrogen (secondary N) is 2. The molecule has 0 radical (unpaired) electrons. The summed E-state index contributed by atoms with van der Waals surface area (Å²) in [4.78, 5) is 8.30. The normalized spacial score (nSPS) is 10.8. The highest BCUT2D eigenvalue weighted by molar-refractivity contribution is 6.42. The van der Waals surface area contributed by atoms with Crippen molar-refractivity contribution in [3.05, 3.63) is 28.2 Å². The number of nitrogens with zero attached hydrogens (tertiary/aromatic N) is 4. The molecule has 0 atom stereocenters. The van der Waals surface area contributed by atoms with Crippen LogP contribution in [0.3, 0.4) is 0 Å². The summed E-state index contributed by atoms with van der Waals surface area (Å²) < 4.78 is 4.54. The van der Waals surface area contributed by atoms with E-state index in [0.717, 1.165) is 0 Å². The van der Waals surface area contributed by atoms with Crippen LogP contribution in [0.15, 0.2) is 22.8 Å². The standard InChI is InChI=1S/C10H7Cl2N7O/c11-5-2-1-4(3-6(5)12)14-7-8(17-13)16-10-9(15-7)18-20-19-10/h1-3H,13H2,(H,14,15,18)(H,16,17,19). The lowest BCUT2D eigenvalue weighted by Crippen LogP contribution is -2.12. The van der Waals surface area contributed by atoms with E-state index in [1.807, 2.05) is 0 Å². The number of anilines is 3. The van der Waals surface area contributed by atoms with Crippen molar-refractivity contribution in [3.8, 4) is 0 Å². The minimum Gasteiger partial charge on any atom is -0.337 e. The van der Waals surface area contributed by atoms with Crippen LogP contribution in [-0.4, -0.2) is 20.3 Å². The van der Waals surface area contributed by atoms with E-state index in [1.165, 1.54) is 0 Å². The quantitative estimate of drug-likeness (QED) is 0.498. The Hall–Kier alpha value is -2.16. The first-order valence-electron chi connectivity index (χ1n) is 5.36. The molecule has 0 amide bonds. The molecule has 0 spiro atoms.